The Morgan fingerprint density at radius 3 is 2.78 bits per heavy atom. The van der Waals surface area contributed by atoms with Crippen LogP contribution in [-0.4, -0.2) is 60.7 Å². The molecule has 1 spiro atoms. The number of hydrogen-bond acceptors (Lipinski definition) is 5. The van der Waals surface area contributed by atoms with Gasteiger partial charge in [0.15, 0.2) is 0 Å². The fourth-order valence-corrected chi connectivity index (χ4v) is 5.06. The number of carbonyl (C=O) groups is 1. The van der Waals surface area contributed by atoms with Crippen LogP contribution in [0.4, 0.5) is 5.95 Å². The van der Waals surface area contributed by atoms with Crippen LogP contribution in [0, 0.1) is 5.41 Å². The average molecular weight is 373 g/mol. The summed E-state index contributed by atoms with van der Waals surface area (Å²) < 4.78 is 5.12. The van der Waals surface area contributed by atoms with Gasteiger partial charge in [-0.15, -0.1) is 0 Å². The summed E-state index contributed by atoms with van der Waals surface area (Å²) in [6.45, 7) is 4.36. The second kappa shape index (κ2) is 8.13. The molecule has 0 unspecified atom stereocenters. The molecule has 0 atom stereocenters. The smallest absolute Gasteiger partial charge is 0.225 e. The summed E-state index contributed by atoms with van der Waals surface area (Å²) in [4.78, 5) is 26.3. The Kier molecular flexibility index (Phi) is 5.62. The number of piperidine rings is 1. The van der Waals surface area contributed by atoms with Crippen LogP contribution in [0.25, 0.3) is 0 Å². The van der Waals surface area contributed by atoms with Crippen molar-refractivity contribution in [3.63, 3.8) is 0 Å². The topological polar surface area (TPSA) is 58.6 Å². The number of nitrogens with zero attached hydrogens (tertiary/aromatic N) is 4. The Balaban J connectivity index is 1.35. The Labute approximate surface area is 162 Å². The lowest BCUT2D eigenvalue weighted by Crippen LogP contribution is -2.42. The molecule has 0 aromatic carbocycles. The lowest BCUT2D eigenvalue weighted by Gasteiger charge is -2.39. The zero-order chi connectivity index (χ0) is 18.7. The number of aromatic nitrogens is 2. The van der Waals surface area contributed by atoms with Crippen LogP contribution < -0.4 is 4.90 Å². The van der Waals surface area contributed by atoms with Crippen LogP contribution in [0.2, 0.25) is 0 Å². The highest BCUT2D eigenvalue weighted by molar-refractivity contribution is 5.79. The minimum atomic E-state index is 0.156. The summed E-state index contributed by atoms with van der Waals surface area (Å²) in [5.41, 5.74) is 1.38. The average Bonchev–Trinajstić information content (AvgIpc) is 3.32. The molecule has 6 nitrogen and oxygen atoms in total. The van der Waals surface area contributed by atoms with Gasteiger partial charge in [0.25, 0.3) is 0 Å². The van der Waals surface area contributed by atoms with E-state index in [4.69, 9.17) is 9.72 Å². The summed E-state index contributed by atoms with van der Waals surface area (Å²) in [5.74, 6) is 1.82. The minimum absolute atomic E-state index is 0.156. The fraction of sp³-hybridized carbons (Fsp3) is 0.762. The van der Waals surface area contributed by atoms with Crippen molar-refractivity contribution in [2.24, 2.45) is 5.41 Å². The van der Waals surface area contributed by atoms with Crippen LogP contribution >= 0.6 is 0 Å². The molecule has 27 heavy (non-hydrogen) atoms. The van der Waals surface area contributed by atoms with Crippen molar-refractivity contribution in [2.45, 2.75) is 57.3 Å². The predicted octanol–water partition coefficient (Wildman–Crippen LogP) is 2.99. The fourth-order valence-electron chi connectivity index (χ4n) is 5.06. The number of ether oxygens (including phenoxy) is 1. The Hall–Kier alpha value is -1.69. The van der Waals surface area contributed by atoms with Crippen molar-refractivity contribution in [1.82, 2.24) is 14.9 Å². The molecule has 6 heteroatoms. The van der Waals surface area contributed by atoms with E-state index in [1.807, 2.05) is 11.1 Å². The van der Waals surface area contributed by atoms with Gasteiger partial charge in [0.2, 0.25) is 11.9 Å². The van der Waals surface area contributed by atoms with Gasteiger partial charge in [0, 0.05) is 69.5 Å². The molecule has 148 valence electrons. The first-order valence-corrected chi connectivity index (χ1v) is 10.5. The molecule has 1 aromatic rings. The molecule has 3 aliphatic rings. The van der Waals surface area contributed by atoms with Crippen molar-refractivity contribution in [1.29, 1.82) is 0 Å². The predicted molar refractivity (Wildman–Crippen MR) is 105 cm³/mol. The van der Waals surface area contributed by atoms with Gasteiger partial charge < -0.3 is 14.5 Å². The van der Waals surface area contributed by atoms with Crippen LogP contribution in [0.3, 0.4) is 0 Å². The van der Waals surface area contributed by atoms with Crippen LogP contribution in [0.5, 0.6) is 0 Å². The van der Waals surface area contributed by atoms with Crippen molar-refractivity contribution in [3.8, 4) is 0 Å². The van der Waals surface area contributed by atoms with E-state index in [0.29, 0.717) is 18.2 Å². The molecule has 3 fully saturated rings. The maximum atomic E-state index is 12.4. The van der Waals surface area contributed by atoms with Crippen molar-refractivity contribution in [3.05, 3.63) is 18.0 Å². The molecule has 1 saturated carbocycles. The number of anilines is 1. The first-order chi connectivity index (χ1) is 13.2. The van der Waals surface area contributed by atoms with Gasteiger partial charge in [-0.05, 0) is 38.2 Å². The SMILES string of the molecule is COCCCN1CC2(CCN(c3nccc(C4CCCC4)n3)CC2)CC1=O. The zero-order valence-electron chi connectivity index (χ0n) is 16.5. The third-order valence-corrected chi connectivity index (χ3v) is 6.73. The summed E-state index contributed by atoms with van der Waals surface area (Å²) in [5, 5.41) is 0. The first kappa shape index (κ1) is 18.7. The van der Waals surface area contributed by atoms with Crippen molar-refractivity contribution in [2.75, 3.05) is 44.8 Å². The standard InChI is InChI=1S/C21H32N4O2/c1-27-14-4-11-25-16-21(15-19(25)26)8-12-24(13-9-21)20-22-10-7-18(23-20)17-5-2-3-6-17/h7,10,17H,2-6,8-9,11-16H2,1H3. The van der Waals surface area contributed by atoms with Crippen LogP contribution in [-0.2, 0) is 9.53 Å². The van der Waals surface area contributed by atoms with Crippen LogP contribution in [0.1, 0.15) is 63.0 Å². The third-order valence-electron chi connectivity index (χ3n) is 6.73. The number of methoxy groups -OCH3 is 1. The van der Waals surface area contributed by atoms with Gasteiger partial charge in [-0.25, -0.2) is 9.97 Å². The Morgan fingerprint density at radius 2 is 2.04 bits per heavy atom. The van der Waals surface area contributed by atoms with Gasteiger partial charge >= 0.3 is 0 Å². The van der Waals surface area contributed by atoms with E-state index in [0.717, 1.165) is 58.0 Å². The van der Waals surface area contributed by atoms with E-state index in [1.54, 1.807) is 7.11 Å². The maximum absolute atomic E-state index is 12.4. The molecule has 0 N–H and O–H groups in total. The number of hydrogen-bond donors (Lipinski definition) is 0. The van der Waals surface area contributed by atoms with E-state index in [2.05, 4.69) is 16.0 Å². The second-order valence-electron chi connectivity index (χ2n) is 8.59. The van der Waals surface area contributed by atoms with E-state index >= 15 is 0 Å². The Morgan fingerprint density at radius 1 is 1.26 bits per heavy atom. The highest BCUT2D eigenvalue weighted by Gasteiger charge is 2.44. The van der Waals surface area contributed by atoms with Crippen molar-refractivity contribution < 1.29 is 9.53 Å². The lowest BCUT2D eigenvalue weighted by molar-refractivity contribution is -0.128. The maximum Gasteiger partial charge on any atom is 0.225 e. The zero-order valence-corrected chi connectivity index (χ0v) is 16.5. The van der Waals surface area contributed by atoms with E-state index in [1.165, 1.54) is 31.4 Å². The molecule has 2 aliphatic heterocycles. The van der Waals surface area contributed by atoms with E-state index in [-0.39, 0.29) is 5.41 Å². The second-order valence-corrected chi connectivity index (χ2v) is 8.59. The van der Waals surface area contributed by atoms with Gasteiger partial charge in [0.1, 0.15) is 0 Å². The molecule has 1 aliphatic carbocycles. The number of carbonyl (C=O) groups excluding carboxylic acids is 1. The van der Waals surface area contributed by atoms with E-state index < -0.39 is 0 Å². The number of rotatable bonds is 6. The first-order valence-electron chi connectivity index (χ1n) is 10.5. The lowest BCUT2D eigenvalue weighted by atomic mass is 9.77. The monoisotopic (exact) mass is 372 g/mol. The highest BCUT2D eigenvalue weighted by Crippen LogP contribution is 2.41. The number of likely N-dealkylation sites (tertiary alicyclic amines) is 1. The molecule has 0 bridgehead atoms. The van der Waals surface area contributed by atoms with Gasteiger partial charge in [-0.3, -0.25) is 4.79 Å². The Bertz CT molecular complexity index is 651. The quantitative estimate of drug-likeness (QED) is 0.719. The normalized spacial score (nSPS) is 22.9. The summed E-state index contributed by atoms with van der Waals surface area (Å²) in [6.07, 6.45) is 10.8. The largest absolute Gasteiger partial charge is 0.385 e. The van der Waals surface area contributed by atoms with E-state index in [9.17, 15) is 4.79 Å². The molecule has 2 saturated heterocycles. The molecule has 4 rings (SSSR count). The third kappa shape index (κ3) is 4.10. The molecular formula is C21H32N4O2. The van der Waals surface area contributed by atoms with Crippen LogP contribution in [0.15, 0.2) is 12.3 Å². The van der Waals surface area contributed by atoms with Gasteiger partial charge in [0.05, 0.1) is 0 Å². The molecule has 0 radical (unpaired) electrons. The molecular weight excluding hydrogens is 340 g/mol. The summed E-state index contributed by atoms with van der Waals surface area (Å²) in [7, 11) is 1.72. The minimum Gasteiger partial charge on any atom is -0.385 e. The molecule has 1 amide bonds. The van der Waals surface area contributed by atoms with Crippen molar-refractivity contribution >= 4 is 11.9 Å². The summed E-state index contributed by atoms with van der Waals surface area (Å²) >= 11 is 0. The highest BCUT2D eigenvalue weighted by atomic mass is 16.5. The van der Waals surface area contributed by atoms with Gasteiger partial charge in [-0.2, -0.15) is 0 Å². The summed E-state index contributed by atoms with van der Waals surface area (Å²) in [6, 6.07) is 2.10. The molecule has 3 heterocycles. The number of amides is 1. The molecule has 1 aromatic heterocycles. The van der Waals surface area contributed by atoms with Gasteiger partial charge in [-0.1, -0.05) is 12.8 Å².